The van der Waals surface area contributed by atoms with Gasteiger partial charge in [-0.25, -0.2) is 4.98 Å². The second kappa shape index (κ2) is 9.07. The van der Waals surface area contributed by atoms with Gasteiger partial charge in [-0.15, -0.1) is 0 Å². The van der Waals surface area contributed by atoms with Crippen LogP contribution in [-0.2, 0) is 19.8 Å². The zero-order valence-electron chi connectivity index (χ0n) is 20.5. The van der Waals surface area contributed by atoms with Gasteiger partial charge < -0.3 is 34.9 Å². The van der Waals surface area contributed by atoms with Crippen LogP contribution in [0.5, 0.6) is 0 Å². The van der Waals surface area contributed by atoms with E-state index in [0.717, 1.165) is 11.4 Å². The Bertz CT molecular complexity index is 1330. The highest BCUT2D eigenvalue weighted by atomic mass is 16.7. The SMILES string of the molecule is Cc1cc(C(C)(O)C#Cc2ccc3c(c2)N(c2ccnc(N)n2)C(OCC2COC(C)(C)O2)N3)no1. The van der Waals surface area contributed by atoms with Gasteiger partial charge in [0.1, 0.15) is 23.4 Å². The molecule has 0 aliphatic carbocycles. The summed E-state index contributed by atoms with van der Waals surface area (Å²) >= 11 is 0. The van der Waals surface area contributed by atoms with E-state index in [4.69, 9.17) is 24.5 Å². The number of aryl methyl sites for hydroxylation is 1. The van der Waals surface area contributed by atoms with Crippen LogP contribution in [-0.4, -0.2) is 51.7 Å². The highest BCUT2D eigenvalue weighted by Crippen LogP contribution is 2.40. The van der Waals surface area contributed by atoms with Crippen molar-refractivity contribution in [3.8, 4) is 11.8 Å². The molecule has 0 saturated carbocycles. The lowest BCUT2D eigenvalue weighted by Crippen LogP contribution is -2.38. The number of benzene rings is 1. The van der Waals surface area contributed by atoms with Crippen molar-refractivity contribution in [2.45, 2.75) is 51.5 Å². The number of aliphatic hydroxyl groups is 1. The van der Waals surface area contributed by atoms with E-state index in [0.29, 0.717) is 36.0 Å². The molecule has 0 bridgehead atoms. The molecule has 0 spiro atoms. The van der Waals surface area contributed by atoms with Crippen LogP contribution in [0.15, 0.2) is 41.1 Å². The van der Waals surface area contributed by atoms with Gasteiger partial charge in [0.05, 0.1) is 24.6 Å². The first kappa shape index (κ1) is 24.0. The molecule has 1 saturated heterocycles. The van der Waals surface area contributed by atoms with Crippen molar-refractivity contribution in [3.05, 3.63) is 53.5 Å². The number of aromatic nitrogens is 3. The largest absolute Gasteiger partial charge is 0.372 e. The van der Waals surface area contributed by atoms with Gasteiger partial charge in [0.2, 0.25) is 12.3 Å². The zero-order valence-corrected chi connectivity index (χ0v) is 20.5. The minimum Gasteiger partial charge on any atom is -0.372 e. The third kappa shape index (κ3) is 4.98. The van der Waals surface area contributed by atoms with Crippen molar-refractivity contribution < 1.29 is 23.8 Å². The fourth-order valence-electron chi connectivity index (χ4n) is 4.01. The summed E-state index contributed by atoms with van der Waals surface area (Å²) in [5.41, 5.74) is 7.03. The summed E-state index contributed by atoms with van der Waals surface area (Å²) < 4.78 is 22.8. The van der Waals surface area contributed by atoms with Gasteiger partial charge in [-0.05, 0) is 52.0 Å². The van der Waals surface area contributed by atoms with E-state index in [1.54, 1.807) is 32.2 Å². The molecule has 2 aromatic heterocycles. The summed E-state index contributed by atoms with van der Waals surface area (Å²) in [7, 11) is 0. The standard InChI is InChI=1S/C25H28N6O5/c1-15-11-20(30-36-15)25(4,32)9-7-16-5-6-18-19(12-16)31(21-8-10-27-22(26)29-21)23(28-18)33-13-17-14-34-24(2,3)35-17/h5-6,8,10-12,17,23,28,32H,13-14H2,1-4H3,(H2,26,27,29). The van der Waals surface area contributed by atoms with Crippen LogP contribution in [0, 0.1) is 18.8 Å². The number of ether oxygens (including phenoxy) is 3. The van der Waals surface area contributed by atoms with Crippen LogP contribution in [0.2, 0.25) is 0 Å². The Hall–Kier alpha value is -3.69. The number of rotatable bonds is 5. The molecule has 11 heteroatoms. The molecule has 1 fully saturated rings. The molecule has 4 N–H and O–H groups in total. The molecule has 0 amide bonds. The first-order chi connectivity index (χ1) is 17.1. The fraction of sp³-hybridized carbons (Fsp3) is 0.400. The van der Waals surface area contributed by atoms with Gasteiger partial charge in [0.25, 0.3) is 0 Å². The molecular formula is C25H28N6O5. The van der Waals surface area contributed by atoms with Gasteiger partial charge in [-0.2, -0.15) is 4.98 Å². The Balaban J connectivity index is 1.42. The number of hydrogen-bond acceptors (Lipinski definition) is 11. The average Bonchev–Trinajstić information content (AvgIpc) is 3.52. The van der Waals surface area contributed by atoms with Crippen molar-refractivity contribution in [1.82, 2.24) is 15.1 Å². The van der Waals surface area contributed by atoms with Crippen LogP contribution >= 0.6 is 0 Å². The molecule has 1 aromatic carbocycles. The summed E-state index contributed by atoms with van der Waals surface area (Å²) in [5.74, 6) is 6.57. The van der Waals surface area contributed by atoms with E-state index in [1.165, 1.54) is 0 Å². The topological polar surface area (TPSA) is 141 Å². The van der Waals surface area contributed by atoms with E-state index in [9.17, 15) is 5.11 Å². The smallest absolute Gasteiger partial charge is 0.221 e. The number of fused-ring (bicyclic) bond motifs is 1. The van der Waals surface area contributed by atoms with Crippen molar-refractivity contribution in [2.75, 3.05) is 29.2 Å². The van der Waals surface area contributed by atoms with Crippen LogP contribution in [0.3, 0.4) is 0 Å². The summed E-state index contributed by atoms with van der Waals surface area (Å²) in [5, 5.41) is 18.0. The number of hydrogen-bond donors (Lipinski definition) is 3. The number of anilines is 4. The van der Waals surface area contributed by atoms with Gasteiger partial charge >= 0.3 is 0 Å². The van der Waals surface area contributed by atoms with Gasteiger partial charge in [-0.3, -0.25) is 4.90 Å². The molecule has 11 nitrogen and oxygen atoms in total. The molecule has 0 radical (unpaired) electrons. The van der Waals surface area contributed by atoms with Crippen LogP contribution < -0.4 is 16.0 Å². The van der Waals surface area contributed by atoms with Gasteiger partial charge in [0, 0.05) is 17.8 Å². The fourth-order valence-corrected chi connectivity index (χ4v) is 4.01. The Morgan fingerprint density at radius 1 is 1.33 bits per heavy atom. The van der Waals surface area contributed by atoms with E-state index < -0.39 is 17.7 Å². The highest BCUT2D eigenvalue weighted by molar-refractivity contribution is 5.82. The summed E-state index contributed by atoms with van der Waals surface area (Å²) in [6, 6.07) is 9.05. The van der Waals surface area contributed by atoms with Crippen LogP contribution in [0.1, 0.15) is 37.8 Å². The predicted molar refractivity (Wildman–Crippen MR) is 131 cm³/mol. The Labute approximate surface area is 208 Å². The maximum Gasteiger partial charge on any atom is 0.221 e. The lowest BCUT2D eigenvalue weighted by molar-refractivity contribution is -0.146. The maximum atomic E-state index is 10.8. The Morgan fingerprint density at radius 3 is 2.86 bits per heavy atom. The third-order valence-corrected chi connectivity index (χ3v) is 5.76. The molecule has 188 valence electrons. The molecule has 36 heavy (non-hydrogen) atoms. The van der Waals surface area contributed by atoms with Crippen LogP contribution in [0.4, 0.5) is 23.1 Å². The molecule has 3 unspecified atom stereocenters. The summed E-state index contributed by atoms with van der Waals surface area (Å²) in [6.45, 7) is 7.82. The number of nitrogen functional groups attached to an aromatic ring is 1. The van der Waals surface area contributed by atoms with E-state index in [-0.39, 0.29) is 12.1 Å². The third-order valence-electron chi connectivity index (χ3n) is 5.76. The molecule has 3 aromatic rings. The highest BCUT2D eigenvalue weighted by Gasteiger charge is 2.36. The normalized spacial score (nSPS) is 21.9. The van der Waals surface area contributed by atoms with Crippen LogP contribution in [0.25, 0.3) is 0 Å². The Morgan fingerprint density at radius 2 is 2.17 bits per heavy atom. The minimum absolute atomic E-state index is 0.142. The van der Waals surface area contributed by atoms with E-state index in [2.05, 4.69) is 32.3 Å². The van der Waals surface area contributed by atoms with Crippen molar-refractivity contribution in [1.29, 1.82) is 0 Å². The molecule has 3 atom stereocenters. The Kier molecular flexibility index (Phi) is 6.05. The molecule has 2 aliphatic rings. The van der Waals surface area contributed by atoms with Gasteiger partial charge in [-0.1, -0.05) is 17.0 Å². The number of nitrogens with two attached hydrogens (primary N) is 1. The summed E-state index contributed by atoms with van der Waals surface area (Å²) in [4.78, 5) is 10.3. The van der Waals surface area contributed by atoms with Crippen molar-refractivity contribution >= 4 is 23.1 Å². The van der Waals surface area contributed by atoms with Crippen molar-refractivity contribution in [3.63, 3.8) is 0 Å². The first-order valence-corrected chi connectivity index (χ1v) is 11.5. The molecule has 4 heterocycles. The van der Waals surface area contributed by atoms with Gasteiger partial charge in [0.15, 0.2) is 11.4 Å². The average molecular weight is 493 g/mol. The van der Waals surface area contributed by atoms with Crippen molar-refractivity contribution in [2.24, 2.45) is 0 Å². The second-order valence-electron chi connectivity index (χ2n) is 9.30. The summed E-state index contributed by atoms with van der Waals surface area (Å²) in [6.07, 6.45) is 0.807. The molecule has 2 aliphatic heterocycles. The second-order valence-corrected chi connectivity index (χ2v) is 9.30. The van der Waals surface area contributed by atoms with E-state index >= 15 is 0 Å². The number of nitrogens with one attached hydrogen (secondary N) is 1. The number of nitrogens with zero attached hydrogens (tertiary/aromatic N) is 4. The quantitative estimate of drug-likeness (QED) is 0.453. The first-order valence-electron chi connectivity index (χ1n) is 11.5. The predicted octanol–water partition coefficient (Wildman–Crippen LogP) is 2.63. The zero-order chi connectivity index (χ0) is 25.5. The maximum absolute atomic E-state index is 10.8. The molecule has 5 rings (SSSR count). The lowest BCUT2D eigenvalue weighted by Gasteiger charge is -2.26. The molecular weight excluding hydrogens is 464 g/mol. The lowest BCUT2D eigenvalue weighted by atomic mass is 10.0. The minimum atomic E-state index is -1.47. The van der Waals surface area contributed by atoms with E-state index in [1.807, 2.05) is 36.9 Å². The monoisotopic (exact) mass is 492 g/mol.